The van der Waals surface area contributed by atoms with Gasteiger partial charge in [0.1, 0.15) is 22.6 Å². The predicted molar refractivity (Wildman–Crippen MR) is 140 cm³/mol. The van der Waals surface area contributed by atoms with Crippen molar-refractivity contribution >= 4 is 45.0 Å². The summed E-state index contributed by atoms with van der Waals surface area (Å²) in [6.07, 6.45) is -1.43. The smallest absolute Gasteiger partial charge is 0.426 e. The molecular weight excluding hydrogens is 555 g/mol. The van der Waals surface area contributed by atoms with Crippen LogP contribution in [0.3, 0.4) is 0 Å². The number of ether oxygens (including phenoxy) is 4. The van der Waals surface area contributed by atoms with Gasteiger partial charge in [0.05, 0.1) is 19.3 Å². The highest BCUT2D eigenvalue weighted by atomic mass is 79.9. The Hall–Kier alpha value is -1.69. The lowest BCUT2D eigenvalue weighted by Crippen LogP contribution is -2.54. The van der Waals surface area contributed by atoms with Gasteiger partial charge >= 0.3 is 12.2 Å². The first kappa shape index (κ1) is 28.9. The molecule has 0 radical (unpaired) electrons. The van der Waals surface area contributed by atoms with Gasteiger partial charge in [-0.1, -0.05) is 27.7 Å². The van der Waals surface area contributed by atoms with Crippen molar-refractivity contribution in [1.29, 1.82) is 0 Å². The van der Waals surface area contributed by atoms with Crippen molar-refractivity contribution in [3.8, 4) is 0 Å². The second kappa shape index (κ2) is 11.0. The zero-order chi connectivity index (χ0) is 26.9. The molecule has 0 bridgehead atoms. The summed E-state index contributed by atoms with van der Waals surface area (Å²) >= 11 is 4.66. The predicted octanol–water partition coefficient (Wildman–Crippen LogP) is 6.11. The minimum Gasteiger partial charge on any atom is -0.443 e. The van der Waals surface area contributed by atoms with Crippen molar-refractivity contribution in [3.05, 3.63) is 34.1 Å². The summed E-state index contributed by atoms with van der Waals surface area (Å²) in [5.74, 6) is -0.118. The fourth-order valence-electron chi connectivity index (χ4n) is 4.10. The Labute approximate surface area is 224 Å². The monoisotopic (exact) mass is 588 g/mol. The number of nitrogens with zero attached hydrogens (tertiary/aromatic N) is 2. The summed E-state index contributed by atoms with van der Waals surface area (Å²) in [7, 11) is 1.60. The Kier molecular flexibility index (Phi) is 8.80. The fourth-order valence-corrected chi connectivity index (χ4v) is 5.73. The van der Waals surface area contributed by atoms with Gasteiger partial charge in [-0.25, -0.2) is 19.0 Å². The first-order valence-corrected chi connectivity index (χ1v) is 13.5. The maximum absolute atomic E-state index is 15.3. The maximum atomic E-state index is 15.3. The van der Waals surface area contributed by atoms with Crippen LogP contribution in [0.1, 0.15) is 53.5 Å². The van der Waals surface area contributed by atoms with E-state index in [1.807, 2.05) is 0 Å². The fraction of sp³-hybridized carbons (Fsp3) is 0.640. The van der Waals surface area contributed by atoms with Crippen LogP contribution in [0.2, 0.25) is 0 Å². The molecule has 1 aromatic rings. The van der Waals surface area contributed by atoms with Gasteiger partial charge < -0.3 is 18.9 Å². The second-order valence-electron chi connectivity index (χ2n) is 10.9. The van der Waals surface area contributed by atoms with Crippen LogP contribution >= 0.6 is 27.7 Å². The Balaban J connectivity index is 2.13. The molecule has 2 aliphatic heterocycles. The first-order valence-electron chi connectivity index (χ1n) is 11.7. The summed E-state index contributed by atoms with van der Waals surface area (Å²) in [5, 5.41) is 0.0721. The number of hydrogen-bond donors (Lipinski definition) is 0. The lowest BCUT2D eigenvalue weighted by Gasteiger charge is -2.47. The van der Waals surface area contributed by atoms with Crippen molar-refractivity contribution in [2.24, 2.45) is 10.9 Å². The molecule has 0 spiro atoms. The van der Waals surface area contributed by atoms with E-state index in [4.69, 9.17) is 23.9 Å². The summed E-state index contributed by atoms with van der Waals surface area (Å²) in [4.78, 5) is 32.1. The van der Waals surface area contributed by atoms with E-state index in [2.05, 4.69) is 15.9 Å². The largest absolute Gasteiger partial charge is 0.443 e. The van der Waals surface area contributed by atoms with Crippen LogP contribution in [0.4, 0.5) is 14.0 Å². The number of amidine groups is 1. The average molecular weight is 590 g/mol. The van der Waals surface area contributed by atoms with E-state index >= 15 is 4.39 Å². The van der Waals surface area contributed by atoms with E-state index in [-0.39, 0.29) is 23.8 Å². The van der Waals surface area contributed by atoms with Crippen molar-refractivity contribution in [2.75, 3.05) is 26.1 Å². The van der Waals surface area contributed by atoms with Gasteiger partial charge in [-0.2, -0.15) is 4.90 Å². The lowest BCUT2D eigenvalue weighted by atomic mass is 9.75. The Morgan fingerprint density at radius 3 is 2.36 bits per heavy atom. The van der Waals surface area contributed by atoms with Crippen LogP contribution in [0.15, 0.2) is 27.7 Å². The van der Waals surface area contributed by atoms with Crippen LogP contribution in [-0.4, -0.2) is 65.6 Å². The molecule has 0 aromatic heterocycles. The van der Waals surface area contributed by atoms with Crippen LogP contribution in [0, 0.1) is 11.7 Å². The zero-order valence-corrected chi connectivity index (χ0v) is 24.1. The van der Waals surface area contributed by atoms with E-state index in [1.54, 1.807) is 60.8 Å². The standard InChI is InChI=1S/C25H34BrFN2O6S/c1-23(2,3)34-21(30)29(22(31)35-24(4,5)6)20-28-25(18-11-16(26)8-9-19(18)27)14-33-17(12-32-7)10-15(25)13-36-20/h8-9,11,15,17H,10,12-14H2,1-7H3/t15-,17+,25-/m0/s1. The van der Waals surface area contributed by atoms with Crippen LogP contribution in [0.5, 0.6) is 0 Å². The molecule has 8 nitrogen and oxygen atoms in total. The van der Waals surface area contributed by atoms with E-state index in [1.165, 1.54) is 17.8 Å². The number of aliphatic imine (C=N–C) groups is 1. The number of carbonyl (C=O) groups is 2. The first-order chi connectivity index (χ1) is 16.6. The van der Waals surface area contributed by atoms with Crippen molar-refractivity contribution < 1.29 is 32.9 Å². The molecule has 1 saturated heterocycles. The molecule has 2 aliphatic rings. The molecule has 3 atom stereocenters. The number of halogens is 2. The molecule has 0 aliphatic carbocycles. The van der Waals surface area contributed by atoms with Crippen molar-refractivity contribution in [3.63, 3.8) is 0 Å². The molecule has 0 saturated carbocycles. The Morgan fingerprint density at radius 1 is 1.19 bits per heavy atom. The molecule has 0 N–H and O–H groups in total. The number of hydrogen-bond acceptors (Lipinski definition) is 8. The molecule has 2 amide bonds. The highest BCUT2D eigenvalue weighted by molar-refractivity contribution is 9.10. The number of rotatable bonds is 3. The summed E-state index contributed by atoms with van der Waals surface area (Å²) in [6.45, 7) is 10.7. The van der Waals surface area contributed by atoms with Crippen molar-refractivity contribution in [1.82, 2.24) is 4.90 Å². The number of benzene rings is 1. The van der Waals surface area contributed by atoms with Gasteiger partial charge in [0.15, 0.2) is 5.17 Å². The van der Waals surface area contributed by atoms with E-state index in [0.29, 0.717) is 28.8 Å². The van der Waals surface area contributed by atoms with Gasteiger partial charge in [0, 0.05) is 28.8 Å². The van der Waals surface area contributed by atoms with E-state index < -0.39 is 34.7 Å². The van der Waals surface area contributed by atoms with E-state index in [9.17, 15) is 9.59 Å². The molecule has 1 aromatic carbocycles. The van der Waals surface area contributed by atoms with Crippen molar-refractivity contribution in [2.45, 2.75) is 70.8 Å². The van der Waals surface area contributed by atoms with Gasteiger partial charge in [-0.15, -0.1) is 0 Å². The number of fused-ring (bicyclic) bond motifs is 1. The molecule has 11 heteroatoms. The summed E-state index contributed by atoms with van der Waals surface area (Å²) in [6, 6.07) is 4.64. The van der Waals surface area contributed by atoms with Gasteiger partial charge in [-0.05, 0) is 66.2 Å². The molecule has 1 fully saturated rings. The second-order valence-corrected chi connectivity index (χ2v) is 12.8. The minimum absolute atomic E-state index is 0.0552. The molecular formula is C25H34BrFN2O6S. The number of methoxy groups -OCH3 is 1. The minimum atomic E-state index is -1.17. The lowest BCUT2D eigenvalue weighted by molar-refractivity contribution is -0.0840. The highest BCUT2D eigenvalue weighted by Crippen LogP contribution is 2.48. The third kappa shape index (κ3) is 6.79. The molecule has 0 unspecified atom stereocenters. The topological polar surface area (TPSA) is 86.7 Å². The molecule has 36 heavy (non-hydrogen) atoms. The highest BCUT2D eigenvalue weighted by Gasteiger charge is 2.51. The normalized spacial score (nSPS) is 24.4. The quantitative estimate of drug-likeness (QED) is 0.421. The summed E-state index contributed by atoms with van der Waals surface area (Å²) in [5.41, 5.74) is -2.57. The SMILES string of the molecule is COC[C@H]1C[C@H]2CSC(N(C(=O)OC(C)(C)C)C(=O)OC(C)(C)C)=N[C@@]2(c2cc(Br)ccc2F)CO1. The zero-order valence-electron chi connectivity index (χ0n) is 21.7. The van der Waals surface area contributed by atoms with E-state index in [0.717, 1.165) is 4.90 Å². The maximum Gasteiger partial charge on any atom is 0.426 e. The van der Waals surface area contributed by atoms with Crippen LogP contribution in [-0.2, 0) is 24.5 Å². The number of thioether (sulfide) groups is 1. The third-order valence-corrected chi connectivity index (χ3v) is 7.16. The number of carbonyl (C=O) groups excluding carboxylic acids is 2. The Morgan fingerprint density at radius 2 is 1.81 bits per heavy atom. The van der Waals surface area contributed by atoms with Gasteiger partial charge in [0.25, 0.3) is 0 Å². The van der Waals surface area contributed by atoms with Gasteiger partial charge in [-0.3, -0.25) is 0 Å². The average Bonchev–Trinajstić information content (AvgIpc) is 2.73. The van der Waals surface area contributed by atoms with Gasteiger partial charge in [0.2, 0.25) is 0 Å². The Bertz CT molecular complexity index is 997. The third-order valence-electron chi connectivity index (χ3n) is 5.56. The number of imide groups is 1. The molecule has 200 valence electrons. The summed E-state index contributed by atoms with van der Waals surface area (Å²) < 4.78 is 38.3. The van der Waals surface area contributed by atoms with Crippen LogP contribution in [0.25, 0.3) is 0 Å². The molecule has 3 rings (SSSR count). The molecule has 2 heterocycles. The van der Waals surface area contributed by atoms with Crippen LogP contribution < -0.4 is 0 Å². The number of amides is 2.